The van der Waals surface area contributed by atoms with E-state index in [0.29, 0.717) is 15.0 Å². The summed E-state index contributed by atoms with van der Waals surface area (Å²) in [7, 11) is 0. The van der Waals surface area contributed by atoms with E-state index in [9.17, 15) is 22.8 Å². The molecule has 2 amide bonds. The first-order valence-corrected chi connectivity index (χ1v) is 10.5. The second kappa shape index (κ2) is 7.46. The van der Waals surface area contributed by atoms with Gasteiger partial charge in [-0.15, -0.1) is 22.7 Å². The van der Waals surface area contributed by atoms with Crippen LogP contribution < -0.4 is 11.1 Å². The lowest BCUT2D eigenvalue weighted by molar-refractivity contribution is -0.142. The molecule has 0 radical (unpaired) electrons. The van der Waals surface area contributed by atoms with Crippen LogP contribution in [-0.4, -0.2) is 26.4 Å². The second-order valence-electron chi connectivity index (χ2n) is 6.61. The molecule has 0 aliphatic rings. The third kappa shape index (κ3) is 3.79. The summed E-state index contributed by atoms with van der Waals surface area (Å²) in [5.74, 6) is -1.49. The Hall–Kier alpha value is -3.25. The Kier molecular flexibility index (Phi) is 5.06. The van der Waals surface area contributed by atoms with Crippen molar-refractivity contribution in [1.29, 1.82) is 0 Å². The van der Waals surface area contributed by atoms with Crippen LogP contribution in [0, 0.1) is 13.8 Å². The molecule has 0 aliphatic heterocycles. The average Bonchev–Trinajstić information content (AvgIpc) is 3.39. The summed E-state index contributed by atoms with van der Waals surface area (Å²) in [6, 6.07) is 5.42. The largest absolute Gasteiger partial charge is 0.433 e. The average molecular weight is 465 g/mol. The molecule has 160 valence electrons. The molecule has 0 unspecified atom stereocenters. The molecule has 0 bridgehead atoms. The molecular formula is C19H14F3N5O2S2. The fraction of sp³-hybridized carbons (Fsp3) is 0.158. The number of nitrogens with two attached hydrogens (primary N) is 1. The summed E-state index contributed by atoms with van der Waals surface area (Å²) in [6.07, 6.45) is -4.71. The van der Waals surface area contributed by atoms with E-state index in [0.717, 1.165) is 22.3 Å². The van der Waals surface area contributed by atoms with Crippen molar-refractivity contribution >= 4 is 45.1 Å². The van der Waals surface area contributed by atoms with Crippen molar-refractivity contribution in [1.82, 2.24) is 14.6 Å². The number of aromatic nitrogens is 3. The number of halogens is 3. The molecule has 0 saturated heterocycles. The molecule has 4 heterocycles. The minimum absolute atomic E-state index is 0.127. The van der Waals surface area contributed by atoms with Crippen molar-refractivity contribution in [3.05, 3.63) is 57.0 Å². The minimum atomic E-state index is -4.71. The van der Waals surface area contributed by atoms with Crippen LogP contribution in [-0.2, 0) is 6.18 Å². The lowest BCUT2D eigenvalue weighted by atomic mass is 10.1. The normalized spacial score (nSPS) is 11.8. The van der Waals surface area contributed by atoms with Crippen molar-refractivity contribution in [2.45, 2.75) is 20.0 Å². The molecule has 0 saturated carbocycles. The molecule has 12 heteroatoms. The summed E-state index contributed by atoms with van der Waals surface area (Å²) in [5.41, 5.74) is 4.85. The minimum Gasteiger partial charge on any atom is -0.365 e. The van der Waals surface area contributed by atoms with Crippen LogP contribution in [0.15, 0.2) is 29.6 Å². The van der Waals surface area contributed by atoms with Crippen LogP contribution >= 0.6 is 22.7 Å². The molecule has 4 rings (SSSR count). The highest BCUT2D eigenvalue weighted by Gasteiger charge is 2.36. The Balaban J connectivity index is 1.78. The number of nitrogens with one attached hydrogen (secondary N) is 1. The fourth-order valence-corrected chi connectivity index (χ4v) is 4.76. The maximum Gasteiger partial charge on any atom is 0.433 e. The number of carbonyl (C=O) groups excluding carboxylic acids is 2. The van der Waals surface area contributed by atoms with Crippen LogP contribution in [0.3, 0.4) is 0 Å². The number of primary amides is 1. The second-order valence-corrected chi connectivity index (χ2v) is 8.78. The van der Waals surface area contributed by atoms with Crippen LogP contribution in [0.1, 0.15) is 37.0 Å². The van der Waals surface area contributed by atoms with Crippen molar-refractivity contribution < 1.29 is 22.8 Å². The standard InChI is InChI=1S/C19H14F3N5O2S2/c1-8-9(2)31-18(15(8)16(23)28)25-17(29)11-7-14-24-10(12-4-3-5-30-12)6-13(19(20,21)22)27(14)26-11/h3-7H,1-2H3,(H2,23,28)(H,25,29). The summed E-state index contributed by atoms with van der Waals surface area (Å²) < 4.78 is 41.5. The molecule has 3 N–H and O–H groups in total. The maximum absolute atomic E-state index is 13.7. The van der Waals surface area contributed by atoms with E-state index in [-0.39, 0.29) is 27.6 Å². The van der Waals surface area contributed by atoms with Gasteiger partial charge in [-0.3, -0.25) is 9.59 Å². The van der Waals surface area contributed by atoms with Crippen LogP contribution in [0.25, 0.3) is 16.2 Å². The molecule has 31 heavy (non-hydrogen) atoms. The number of carbonyl (C=O) groups is 2. The van der Waals surface area contributed by atoms with E-state index in [2.05, 4.69) is 15.4 Å². The highest BCUT2D eigenvalue weighted by Crippen LogP contribution is 2.34. The zero-order valence-electron chi connectivity index (χ0n) is 16.1. The van der Waals surface area contributed by atoms with Gasteiger partial charge in [0.2, 0.25) is 0 Å². The lowest BCUT2D eigenvalue weighted by Gasteiger charge is -2.10. The molecule has 0 aliphatic carbocycles. The highest BCUT2D eigenvalue weighted by atomic mass is 32.1. The SMILES string of the molecule is Cc1sc(NC(=O)c2cc3nc(-c4cccs4)cc(C(F)(F)F)n3n2)c(C(N)=O)c1C. The summed E-state index contributed by atoms with van der Waals surface area (Å²) in [5, 5.41) is 8.29. The van der Waals surface area contributed by atoms with E-state index in [1.54, 1.807) is 31.4 Å². The number of amides is 2. The van der Waals surface area contributed by atoms with E-state index < -0.39 is 23.7 Å². The highest BCUT2D eigenvalue weighted by molar-refractivity contribution is 7.16. The smallest absolute Gasteiger partial charge is 0.365 e. The number of rotatable bonds is 4. The van der Waals surface area contributed by atoms with E-state index in [4.69, 9.17) is 5.73 Å². The zero-order chi connectivity index (χ0) is 22.5. The first-order valence-electron chi connectivity index (χ1n) is 8.79. The third-order valence-electron chi connectivity index (χ3n) is 4.58. The first-order chi connectivity index (χ1) is 14.6. The predicted octanol–water partition coefficient (Wildman–Crippen LogP) is 4.51. The van der Waals surface area contributed by atoms with Crippen molar-refractivity contribution in [2.24, 2.45) is 5.73 Å². The van der Waals surface area contributed by atoms with Gasteiger partial charge < -0.3 is 11.1 Å². The van der Waals surface area contributed by atoms with Crippen LogP contribution in [0.2, 0.25) is 0 Å². The van der Waals surface area contributed by atoms with Crippen molar-refractivity contribution in [3.8, 4) is 10.6 Å². The number of hydrogen-bond acceptors (Lipinski definition) is 6. The van der Waals surface area contributed by atoms with Gasteiger partial charge in [0, 0.05) is 10.9 Å². The number of fused-ring (bicyclic) bond motifs is 1. The number of thiophene rings is 2. The Morgan fingerprint density at radius 2 is 1.97 bits per heavy atom. The quantitative estimate of drug-likeness (QED) is 0.463. The monoisotopic (exact) mass is 465 g/mol. The molecule has 4 aromatic heterocycles. The molecule has 0 fully saturated rings. The van der Waals surface area contributed by atoms with Crippen LogP contribution in [0.5, 0.6) is 0 Å². The number of anilines is 1. The first kappa shape index (κ1) is 21.0. The zero-order valence-corrected chi connectivity index (χ0v) is 17.7. The molecular weight excluding hydrogens is 451 g/mol. The van der Waals surface area contributed by atoms with Gasteiger partial charge in [0.1, 0.15) is 5.00 Å². The van der Waals surface area contributed by atoms with Gasteiger partial charge in [-0.2, -0.15) is 18.3 Å². The maximum atomic E-state index is 13.7. The Labute approximate surface area is 181 Å². The fourth-order valence-electron chi connectivity index (χ4n) is 3.02. The molecule has 0 atom stereocenters. The summed E-state index contributed by atoms with van der Waals surface area (Å²) in [6.45, 7) is 3.46. The van der Waals surface area contributed by atoms with E-state index in [1.807, 2.05) is 0 Å². The van der Waals surface area contributed by atoms with Gasteiger partial charge in [0.25, 0.3) is 11.8 Å². The Morgan fingerprint density at radius 1 is 1.23 bits per heavy atom. The number of alkyl halides is 3. The van der Waals surface area contributed by atoms with Gasteiger partial charge in [0.15, 0.2) is 17.0 Å². The lowest BCUT2D eigenvalue weighted by Crippen LogP contribution is -2.18. The van der Waals surface area contributed by atoms with Crippen LogP contribution in [0.4, 0.5) is 18.2 Å². The number of aryl methyl sites for hydroxylation is 1. The van der Waals surface area contributed by atoms with Gasteiger partial charge in [-0.25, -0.2) is 9.50 Å². The van der Waals surface area contributed by atoms with Crippen molar-refractivity contribution in [2.75, 3.05) is 5.32 Å². The third-order valence-corrected chi connectivity index (χ3v) is 6.60. The van der Waals surface area contributed by atoms with Gasteiger partial charge in [-0.05, 0) is 36.9 Å². The van der Waals surface area contributed by atoms with Gasteiger partial charge in [-0.1, -0.05) is 6.07 Å². The van der Waals surface area contributed by atoms with Gasteiger partial charge >= 0.3 is 6.18 Å². The topological polar surface area (TPSA) is 102 Å². The number of nitrogens with zero attached hydrogens (tertiary/aromatic N) is 3. The molecule has 0 spiro atoms. The molecule has 4 aromatic rings. The van der Waals surface area contributed by atoms with E-state index >= 15 is 0 Å². The predicted molar refractivity (Wildman–Crippen MR) is 112 cm³/mol. The molecule has 7 nitrogen and oxygen atoms in total. The van der Waals surface area contributed by atoms with Crippen molar-refractivity contribution in [3.63, 3.8) is 0 Å². The molecule has 0 aromatic carbocycles. The summed E-state index contributed by atoms with van der Waals surface area (Å²) >= 11 is 2.39. The Bertz CT molecular complexity index is 1320. The summed E-state index contributed by atoms with van der Waals surface area (Å²) in [4.78, 5) is 30.0. The van der Waals surface area contributed by atoms with Gasteiger partial charge in [0.05, 0.1) is 16.1 Å². The number of hydrogen-bond donors (Lipinski definition) is 2. The van der Waals surface area contributed by atoms with E-state index in [1.165, 1.54) is 17.4 Å². The Morgan fingerprint density at radius 3 is 2.58 bits per heavy atom.